The Morgan fingerprint density at radius 1 is 0.970 bits per heavy atom. The molecule has 0 radical (unpaired) electrons. The number of carbonyl (C=O) groups is 3. The second-order valence-electron chi connectivity index (χ2n) is 8.26. The van der Waals surface area contributed by atoms with Gasteiger partial charge in [0.05, 0.1) is 10.6 Å². The summed E-state index contributed by atoms with van der Waals surface area (Å²) in [5.41, 5.74) is 2.11. The summed E-state index contributed by atoms with van der Waals surface area (Å²) in [4.78, 5) is 38.3. The molecule has 0 spiro atoms. The number of sulfonamides is 1. The Hall–Kier alpha value is -3.72. The lowest BCUT2D eigenvalue weighted by atomic mass is 10.0. The molecule has 1 saturated heterocycles. The number of hydrogen-bond donors (Lipinski definition) is 2. The highest BCUT2D eigenvalue weighted by Gasteiger charge is 2.40. The third kappa shape index (κ3) is 3.54. The van der Waals surface area contributed by atoms with Crippen LogP contribution in [0, 0.1) is 6.92 Å². The number of imide groups is 1. The first-order valence-corrected chi connectivity index (χ1v) is 12.0. The van der Waals surface area contributed by atoms with Crippen LogP contribution in [0.2, 0.25) is 0 Å². The SMILES string of the molecule is Cc1ccc(S(=O)(=O)Nc2cccc3c2CN(C2CCC(=O)NC2=O)C3=O)c2ccccc12. The zero-order valence-corrected chi connectivity index (χ0v) is 18.6. The molecule has 3 amide bonds. The minimum Gasteiger partial charge on any atom is -0.322 e. The zero-order valence-electron chi connectivity index (χ0n) is 17.8. The van der Waals surface area contributed by atoms with Gasteiger partial charge in [0.1, 0.15) is 6.04 Å². The number of piperidine rings is 1. The van der Waals surface area contributed by atoms with E-state index >= 15 is 0 Å². The fraction of sp³-hybridized carbons (Fsp3) is 0.208. The maximum absolute atomic E-state index is 13.4. The van der Waals surface area contributed by atoms with Gasteiger partial charge < -0.3 is 4.90 Å². The van der Waals surface area contributed by atoms with Crippen molar-refractivity contribution in [1.29, 1.82) is 0 Å². The third-order valence-corrected chi connectivity index (χ3v) is 7.64. The number of rotatable bonds is 4. The second kappa shape index (κ2) is 7.70. The van der Waals surface area contributed by atoms with Gasteiger partial charge in [0.25, 0.3) is 15.9 Å². The van der Waals surface area contributed by atoms with E-state index in [1.54, 1.807) is 42.5 Å². The average molecular weight is 464 g/mol. The van der Waals surface area contributed by atoms with Crippen molar-refractivity contribution in [3.63, 3.8) is 0 Å². The molecule has 0 bridgehead atoms. The smallest absolute Gasteiger partial charge is 0.262 e. The van der Waals surface area contributed by atoms with Gasteiger partial charge in [-0.2, -0.15) is 0 Å². The van der Waals surface area contributed by atoms with Crippen LogP contribution in [0.5, 0.6) is 0 Å². The number of anilines is 1. The Kier molecular flexibility index (Phi) is 4.93. The Morgan fingerprint density at radius 2 is 1.73 bits per heavy atom. The first kappa shape index (κ1) is 21.1. The molecule has 1 unspecified atom stereocenters. The molecule has 3 aromatic carbocycles. The van der Waals surface area contributed by atoms with Crippen LogP contribution in [0.1, 0.15) is 34.3 Å². The van der Waals surface area contributed by atoms with Gasteiger partial charge in [-0.05, 0) is 42.5 Å². The molecule has 8 nitrogen and oxygen atoms in total. The molecule has 0 saturated carbocycles. The Morgan fingerprint density at radius 3 is 2.48 bits per heavy atom. The van der Waals surface area contributed by atoms with Gasteiger partial charge in [0, 0.05) is 29.5 Å². The van der Waals surface area contributed by atoms with Crippen LogP contribution in [0.15, 0.2) is 59.5 Å². The van der Waals surface area contributed by atoms with Crippen molar-refractivity contribution >= 4 is 44.2 Å². The summed E-state index contributed by atoms with van der Waals surface area (Å²) in [5.74, 6) is -1.24. The fourth-order valence-corrected chi connectivity index (χ4v) is 5.84. The standard InChI is InChI=1S/C24H21N3O5S/c1-14-9-11-21(16-6-3-2-5-15(14)16)33(31,32)26-19-8-4-7-17-18(19)13-27(24(17)30)20-10-12-22(28)25-23(20)29/h2-9,11,20,26H,10,12-13H2,1H3,(H,25,28,29). The molecule has 0 aromatic heterocycles. The van der Waals surface area contributed by atoms with Crippen molar-refractivity contribution in [3.8, 4) is 0 Å². The Bertz CT molecular complexity index is 1450. The van der Waals surface area contributed by atoms with Crippen molar-refractivity contribution in [1.82, 2.24) is 10.2 Å². The first-order chi connectivity index (χ1) is 15.8. The topological polar surface area (TPSA) is 113 Å². The van der Waals surface area contributed by atoms with E-state index in [9.17, 15) is 22.8 Å². The molecule has 2 aliphatic heterocycles. The molecular weight excluding hydrogens is 442 g/mol. The van der Waals surface area contributed by atoms with Gasteiger partial charge >= 0.3 is 0 Å². The van der Waals surface area contributed by atoms with E-state index in [4.69, 9.17) is 0 Å². The predicted octanol–water partition coefficient (Wildman–Crippen LogP) is 2.71. The van der Waals surface area contributed by atoms with E-state index in [1.807, 2.05) is 19.1 Å². The first-order valence-electron chi connectivity index (χ1n) is 10.5. The largest absolute Gasteiger partial charge is 0.322 e. The van der Waals surface area contributed by atoms with E-state index in [1.165, 1.54) is 4.90 Å². The quantitative estimate of drug-likeness (QED) is 0.578. The van der Waals surface area contributed by atoms with Crippen LogP contribution in [0.3, 0.4) is 0 Å². The maximum Gasteiger partial charge on any atom is 0.262 e. The zero-order chi connectivity index (χ0) is 23.3. The minimum atomic E-state index is -3.96. The van der Waals surface area contributed by atoms with Gasteiger partial charge in [0.2, 0.25) is 11.8 Å². The van der Waals surface area contributed by atoms with Gasteiger partial charge in [0.15, 0.2) is 0 Å². The summed E-state index contributed by atoms with van der Waals surface area (Å²) in [6.07, 6.45) is 0.386. The number of nitrogens with zero attached hydrogens (tertiary/aromatic N) is 1. The maximum atomic E-state index is 13.4. The van der Waals surface area contributed by atoms with Crippen molar-refractivity contribution in [2.45, 2.75) is 37.2 Å². The highest BCUT2D eigenvalue weighted by Crippen LogP contribution is 2.34. The summed E-state index contributed by atoms with van der Waals surface area (Å²) in [7, 11) is -3.96. The molecule has 33 heavy (non-hydrogen) atoms. The predicted molar refractivity (Wildman–Crippen MR) is 122 cm³/mol. The van der Waals surface area contributed by atoms with Gasteiger partial charge in [-0.3, -0.25) is 24.4 Å². The lowest BCUT2D eigenvalue weighted by molar-refractivity contribution is -0.136. The highest BCUT2D eigenvalue weighted by molar-refractivity contribution is 7.93. The van der Waals surface area contributed by atoms with E-state index in [-0.39, 0.29) is 36.1 Å². The normalized spacial score (nSPS) is 18.4. The van der Waals surface area contributed by atoms with Crippen molar-refractivity contribution in [2.24, 2.45) is 0 Å². The molecule has 0 aliphatic carbocycles. The average Bonchev–Trinajstić information content (AvgIpc) is 3.11. The van der Waals surface area contributed by atoms with E-state index in [0.29, 0.717) is 22.2 Å². The molecule has 3 aromatic rings. The molecule has 2 N–H and O–H groups in total. The van der Waals surface area contributed by atoms with E-state index < -0.39 is 22.0 Å². The molecule has 168 valence electrons. The number of aryl methyl sites for hydroxylation is 1. The van der Waals surface area contributed by atoms with Crippen molar-refractivity contribution in [2.75, 3.05) is 4.72 Å². The van der Waals surface area contributed by atoms with Gasteiger partial charge in [-0.1, -0.05) is 36.4 Å². The molecule has 2 heterocycles. The molecule has 2 aliphatic rings. The van der Waals surface area contributed by atoms with Gasteiger partial charge in [-0.15, -0.1) is 0 Å². The van der Waals surface area contributed by atoms with Crippen LogP contribution in [-0.2, 0) is 26.2 Å². The third-order valence-electron chi connectivity index (χ3n) is 6.22. The lowest BCUT2D eigenvalue weighted by Gasteiger charge is -2.29. The summed E-state index contributed by atoms with van der Waals surface area (Å²) in [5, 5.41) is 3.72. The number of benzene rings is 3. The Labute approximate surface area is 190 Å². The van der Waals surface area contributed by atoms with E-state index in [2.05, 4.69) is 10.0 Å². The molecule has 9 heteroatoms. The molecule has 1 fully saturated rings. The van der Waals surface area contributed by atoms with Crippen molar-refractivity contribution < 1.29 is 22.8 Å². The van der Waals surface area contributed by atoms with Crippen LogP contribution in [0.4, 0.5) is 5.69 Å². The highest BCUT2D eigenvalue weighted by atomic mass is 32.2. The number of nitrogens with one attached hydrogen (secondary N) is 2. The second-order valence-corrected chi connectivity index (χ2v) is 9.91. The van der Waals surface area contributed by atoms with Crippen LogP contribution in [-0.4, -0.2) is 37.1 Å². The molecular formula is C24H21N3O5S. The monoisotopic (exact) mass is 463 g/mol. The number of hydrogen-bond acceptors (Lipinski definition) is 5. The van der Waals surface area contributed by atoms with Crippen LogP contribution < -0.4 is 10.0 Å². The Balaban J connectivity index is 1.50. The summed E-state index contributed by atoms with van der Waals surface area (Å²) >= 11 is 0. The number of amides is 3. The number of carbonyl (C=O) groups excluding carboxylic acids is 3. The van der Waals surface area contributed by atoms with Crippen LogP contribution >= 0.6 is 0 Å². The summed E-state index contributed by atoms with van der Waals surface area (Å²) < 4.78 is 29.4. The molecule has 1 atom stereocenters. The fourth-order valence-electron chi connectivity index (χ4n) is 4.54. The number of fused-ring (bicyclic) bond motifs is 2. The lowest BCUT2D eigenvalue weighted by Crippen LogP contribution is -2.52. The molecule has 5 rings (SSSR count). The van der Waals surface area contributed by atoms with Crippen LogP contribution in [0.25, 0.3) is 10.8 Å². The van der Waals surface area contributed by atoms with Crippen molar-refractivity contribution in [3.05, 3.63) is 71.3 Å². The van der Waals surface area contributed by atoms with Gasteiger partial charge in [-0.25, -0.2) is 8.42 Å². The summed E-state index contributed by atoms with van der Waals surface area (Å²) in [6, 6.07) is 14.7. The summed E-state index contributed by atoms with van der Waals surface area (Å²) in [6.45, 7) is 2.00. The van der Waals surface area contributed by atoms with E-state index in [0.717, 1.165) is 10.9 Å². The minimum absolute atomic E-state index is 0.0772.